The van der Waals surface area contributed by atoms with Gasteiger partial charge in [-0.05, 0) is 53.0 Å². The zero-order valence-electron chi connectivity index (χ0n) is 13.3. The lowest BCUT2D eigenvalue weighted by molar-refractivity contribution is 0.388. The fourth-order valence-corrected chi connectivity index (χ4v) is 2.95. The minimum absolute atomic E-state index is 0.287. The molecule has 0 atom stereocenters. The molecule has 2 aromatic heterocycles. The molecule has 0 aliphatic carbocycles. The van der Waals surface area contributed by atoms with Crippen LogP contribution in [0.4, 0.5) is 15.9 Å². The molecule has 2 aromatic rings. The number of aromatic nitrogens is 2. The Balaban J connectivity index is 1.66. The summed E-state index contributed by atoms with van der Waals surface area (Å²) < 4.78 is 13.6. The SMILES string of the molecule is ONc1cccnc1N1CCC(=CC#Cc2ccnc(F)c2Br)CC1. The van der Waals surface area contributed by atoms with Gasteiger partial charge in [0, 0.05) is 31.0 Å². The van der Waals surface area contributed by atoms with Gasteiger partial charge in [0.1, 0.15) is 5.69 Å². The molecule has 2 N–H and O–H groups in total. The van der Waals surface area contributed by atoms with Crippen molar-refractivity contribution >= 4 is 27.4 Å². The quantitative estimate of drug-likeness (QED) is 0.454. The molecule has 5 nitrogen and oxygen atoms in total. The molecule has 0 unspecified atom stereocenters. The molecule has 0 radical (unpaired) electrons. The van der Waals surface area contributed by atoms with Gasteiger partial charge >= 0.3 is 0 Å². The van der Waals surface area contributed by atoms with Gasteiger partial charge in [-0.3, -0.25) is 10.7 Å². The van der Waals surface area contributed by atoms with Gasteiger partial charge in [0.25, 0.3) is 0 Å². The maximum atomic E-state index is 13.4. The fraction of sp³-hybridized carbons (Fsp3) is 0.222. The summed E-state index contributed by atoms with van der Waals surface area (Å²) in [6, 6.07) is 5.23. The van der Waals surface area contributed by atoms with Crippen molar-refractivity contribution in [3.8, 4) is 11.8 Å². The summed E-state index contributed by atoms with van der Waals surface area (Å²) in [5.74, 6) is 6.12. The van der Waals surface area contributed by atoms with Crippen LogP contribution in [0.25, 0.3) is 0 Å². The minimum Gasteiger partial charge on any atom is -0.354 e. The molecule has 1 aliphatic heterocycles. The number of allylic oxidation sites excluding steroid dienone is 1. The largest absolute Gasteiger partial charge is 0.354 e. The van der Waals surface area contributed by atoms with Crippen LogP contribution < -0.4 is 10.4 Å². The first-order valence-electron chi connectivity index (χ1n) is 7.78. The third-order valence-electron chi connectivity index (χ3n) is 3.94. The molecule has 0 spiro atoms. The summed E-state index contributed by atoms with van der Waals surface area (Å²) >= 11 is 3.15. The van der Waals surface area contributed by atoms with E-state index in [1.165, 1.54) is 11.8 Å². The summed E-state index contributed by atoms with van der Waals surface area (Å²) in [4.78, 5) is 10.0. The normalized spacial score (nSPS) is 13.9. The van der Waals surface area contributed by atoms with E-state index in [1.54, 1.807) is 24.4 Å². The molecule has 0 saturated carbocycles. The monoisotopic (exact) mass is 402 g/mol. The van der Waals surface area contributed by atoms with Crippen LogP contribution >= 0.6 is 15.9 Å². The van der Waals surface area contributed by atoms with Crippen molar-refractivity contribution in [3.05, 3.63) is 58.2 Å². The number of anilines is 2. The highest BCUT2D eigenvalue weighted by Crippen LogP contribution is 2.26. The Bertz CT molecular complexity index is 850. The second-order valence-electron chi connectivity index (χ2n) is 5.51. The van der Waals surface area contributed by atoms with Gasteiger partial charge in [-0.1, -0.05) is 17.4 Å². The van der Waals surface area contributed by atoms with Gasteiger partial charge in [0.15, 0.2) is 5.82 Å². The standard InChI is InChI=1S/C18H16BrFN4O/c19-16-14(6-10-21-17(16)20)4-1-3-13-7-11-24(12-8-13)18-15(23-25)5-2-9-22-18/h2-3,5-6,9-10,23,25H,7-8,11-12H2. The molecule has 1 fully saturated rings. The van der Waals surface area contributed by atoms with Gasteiger partial charge in [0.2, 0.25) is 5.95 Å². The fourth-order valence-electron chi connectivity index (χ4n) is 2.62. The summed E-state index contributed by atoms with van der Waals surface area (Å²) in [5, 5.41) is 9.19. The van der Waals surface area contributed by atoms with E-state index in [-0.39, 0.29) is 4.47 Å². The van der Waals surface area contributed by atoms with Gasteiger partial charge in [0.05, 0.1) is 4.47 Å². The highest BCUT2D eigenvalue weighted by Gasteiger charge is 2.17. The highest BCUT2D eigenvalue weighted by molar-refractivity contribution is 9.10. The van der Waals surface area contributed by atoms with E-state index >= 15 is 0 Å². The topological polar surface area (TPSA) is 61.3 Å². The summed E-state index contributed by atoms with van der Waals surface area (Å²) in [5.41, 5.74) is 4.60. The summed E-state index contributed by atoms with van der Waals surface area (Å²) in [6.45, 7) is 1.60. The van der Waals surface area contributed by atoms with Crippen LogP contribution in [0.15, 0.2) is 46.7 Å². The first kappa shape index (κ1) is 17.4. The lowest BCUT2D eigenvalue weighted by Crippen LogP contribution is -2.31. The maximum absolute atomic E-state index is 13.4. The molecule has 1 saturated heterocycles. The third kappa shape index (κ3) is 4.16. The van der Waals surface area contributed by atoms with Gasteiger partial charge in [-0.25, -0.2) is 9.97 Å². The Kier molecular flexibility index (Phi) is 5.64. The molecule has 128 valence electrons. The van der Waals surface area contributed by atoms with Crippen molar-refractivity contribution in [2.24, 2.45) is 0 Å². The van der Waals surface area contributed by atoms with Gasteiger partial charge in [-0.2, -0.15) is 4.39 Å². The molecule has 0 aromatic carbocycles. The zero-order valence-corrected chi connectivity index (χ0v) is 14.9. The Morgan fingerprint density at radius 3 is 2.80 bits per heavy atom. The number of rotatable bonds is 2. The second kappa shape index (κ2) is 8.10. The van der Waals surface area contributed by atoms with E-state index in [1.807, 2.05) is 6.08 Å². The van der Waals surface area contributed by atoms with Crippen LogP contribution in [0.1, 0.15) is 18.4 Å². The lowest BCUT2D eigenvalue weighted by atomic mass is 10.0. The number of hydrogen-bond donors (Lipinski definition) is 2. The second-order valence-corrected chi connectivity index (χ2v) is 6.30. The highest BCUT2D eigenvalue weighted by atomic mass is 79.9. The van der Waals surface area contributed by atoms with E-state index in [2.05, 4.69) is 48.1 Å². The van der Waals surface area contributed by atoms with Crippen LogP contribution in [-0.4, -0.2) is 28.3 Å². The predicted molar refractivity (Wildman–Crippen MR) is 97.9 cm³/mol. The van der Waals surface area contributed by atoms with E-state index in [4.69, 9.17) is 0 Å². The third-order valence-corrected chi connectivity index (χ3v) is 4.70. The number of nitrogens with one attached hydrogen (secondary N) is 1. The maximum Gasteiger partial charge on any atom is 0.228 e. The van der Waals surface area contributed by atoms with Crippen LogP contribution in [0.5, 0.6) is 0 Å². The lowest BCUT2D eigenvalue weighted by Gasteiger charge is -2.30. The van der Waals surface area contributed by atoms with Gasteiger partial charge in [-0.15, -0.1) is 0 Å². The van der Waals surface area contributed by atoms with Crippen LogP contribution in [-0.2, 0) is 0 Å². The molecule has 3 heterocycles. The van der Waals surface area contributed by atoms with E-state index < -0.39 is 5.95 Å². The van der Waals surface area contributed by atoms with Crippen LogP contribution in [0, 0.1) is 17.8 Å². The first-order chi connectivity index (χ1) is 12.2. The number of piperidine rings is 1. The molecule has 3 rings (SSSR count). The van der Waals surface area contributed by atoms with Gasteiger partial charge < -0.3 is 4.90 Å². The zero-order chi connectivity index (χ0) is 17.6. The van der Waals surface area contributed by atoms with Crippen molar-refractivity contribution in [1.29, 1.82) is 0 Å². The smallest absolute Gasteiger partial charge is 0.228 e. The van der Waals surface area contributed by atoms with Crippen molar-refractivity contribution in [2.75, 3.05) is 23.5 Å². The molecule has 0 bridgehead atoms. The minimum atomic E-state index is -0.559. The molecule has 0 amide bonds. The van der Waals surface area contributed by atoms with Crippen molar-refractivity contribution in [3.63, 3.8) is 0 Å². The number of pyridine rings is 2. The van der Waals surface area contributed by atoms with Crippen molar-refractivity contribution in [1.82, 2.24) is 9.97 Å². The average molecular weight is 403 g/mol. The summed E-state index contributed by atoms with van der Waals surface area (Å²) in [6.07, 6.45) is 6.73. The molecule has 1 aliphatic rings. The Morgan fingerprint density at radius 1 is 1.24 bits per heavy atom. The molecule has 7 heteroatoms. The first-order valence-corrected chi connectivity index (χ1v) is 8.58. The van der Waals surface area contributed by atoms with Crippen LogP contribution in [0.3, 0.4) is 0 Å². The number of nitrogens with zero attached hydrogens (tertiary/aromatic N) is 3. The predicted octanol–water partition coefficient (Wildman–Crippen LogP) is 3.76. The van der Waals surface area contributed by atoms with E-state index in [9.17, 15) is 9.60 Å². The van der Waals surface area contributed by atoms with E-state index in [0.29, 0.717) is 11.3 Å². The van der Waals surface area contributed by atoms with E-state index in [0.717, 1.165) is 31.7 Å². The number of halogens is 2. The van der Waals surface area contributed by atoms with Crippen molar-refractivity contribution < 1.29 is 9.60 Å². The molecule has 25 heavy (non-hydrogen) atoms. The number of hydrogen-bond acceptors (Lipinski definition) is 5. The van der Waals surface area contributed by atoms with Crippen molar-refractivity contribution in [2.45, 2.75) is 12.8 Å². The summed E-state index contributed by atoms with van der Waals surface area (Å²) in [7, 11) is 0. The van der Waals surface area contributed by atoms with Crippen LogP contribution in [0.2, 0.25) is 0 Å². The average Bonchev–Trinajstić information content (AvgIpc) is 2.66. The molecular weight excluding hydrogens is 387 g/mol. The Hall–Kier alpha value is -2.43. The Morgan fingerprint density at radius 2 is 2.04 bits per heavy atom. The Labute approximate surface area is 153 Å². The molecular formula is C18H16BrFN4O.